The van der Waals surface area contributed by atoms with Gasteiger partial charge in [0.1, 0.15) is 5.82 Å². The zero-order chi connectivity index (χ0) is 12.9. The Morgan fingerprint density at radius 3 is 2.47 bits per heavy atom. The van der Waals surface area contributed by atoms with Gasteiger partial charge in [-0.25, -0.2) is 4.98 Å². The Bertz CT molecular complexity index is 355. The molecule has 0 fully saturated rings. The minimum Gasteiger partial charge on any atom is -0.394 e. The summed E-state index contributed by atoms with van der Waals surface area (Å²) in [5.41, 5.74) is 0.674. The Balaban J connectivity index is 2.99. The molecule has 0 unspecified atom stereocenters. The molecule has 0 aliphatic heterocycles. The molecule has 17 heavy (non-hydrogen) atoms. The first-order chi connectivity index (χ1) is 8.10. The monoisotopic (exact) mass is 238 g/mol. The summed E-state index contributed by atoms with van der Waals surface area (Å²) in [7, 11) is 1.79. The Kier molecular flexibility index (Phi) is 4.69. The zero-order valence-corrected chi connectivity index (χ0v) is 11.0. The van der Waals surface area contributed by atoms with Crippen LogP contribution in [0.3, 0.4) is 0 Å². The van der Waals surface area contributed by atoms with Gasteiger partial charge in [-0.3, -0.25) is 0 Å². The smallest absolute Gasteiger partial charge is 0.224 e. The number of aliphatic hydroxyl groups is 1. The van der Waals surface area contributed by atoms with E-state index in [2.05, 4.69) is 34.4 Å². The SMILES string of the molecule is CCC(CC)(CO)Nc1nc(NC)ncc1C. The fourth-order valence-corrected chi connectivity index (χ4v) is 1.63. The van der Waals surface area contributed by atoms with Gasteiger partial charge in [0.2, 0.25) is 5.95 Å². The summed E-state index contributed by atoms with van der Waals surface area (Å²) in [5, 5.41) is 15.8. The fourth-order valence-electron chi connectivity index (χ4n) is 1.63. The molecule has 0 aromatic carbocycles. The number of anilines is 2. The Hall–Kier alpha value is -1.36. The van der Waals surface area contributed by atoms with Crippen LogP contribution in [0.5, 0.6) is 0 Å². The van der Waals surface area contributed by atoms with E-state index in [9.17, 15) is 5.11 Å². The second-order valence-corrected chi connectivity index (χ2v) is 4.25. The molecule has 96 valence electrons. The van der Waals surface area contributed by atoms with Gasteiger partial charge in [-0.1, -0.05) is 13.8 Å². The van der Waals surface area contributed by atoms with Gasteiger partial charge >= 0.3 is 0 Å². The molecule has 0 amide bonds. The first-order valence-electron chi connectivity index (χ1n) is 6.01. The lowest BCUT2D eigenvalue weighted by atomic mass is 9.94. The van der Waals surface area contributed by atoms with Crippen LogP contribution in [0, 0.1) is 6.92 Å². The summed E-state index contributed by atoms with van der Waals surface area (Å²) in [4.78, 5) is 8.52. The van der Waals surface area contributed by atoms with Crippen LogP contribution in [0.25, 0.3) is 0 Å². The van der Waals surface area contributed by atoms with Crippen LogP contribution >= 0.6 is 0 Å². The molecule has 5 heteroatoms. The number of nitrogens with zero attached hydrogens (tertiary/aromatic N) is 2. The molecule has 3 N–H and O–H groups in total. The van der Waals surface area contributed by atoms with Crippen molar-refractivity contribution in [2.45, 2.75) is 39.2 Å². The zero-order valence-electron chi connectivity index (χ0n) is 11.0. The molecule has 1 aromatic rings. The van der Waals surface area contributed by atoms with Crippen molar-refractivity contribution in [3.05, 3.63) is 11.8 Å². The summed E-state index contributed by atoms with van der Waals surface area (Å²) in [6.07, 6.45) is 3.46. The highest BCUT2D eigenvalue weighted by Crippen LogP contribution is 2.23. The third-order valence-corrected chi connectivity index (χ3v) is 3.24. The van der Waals surface area contributed by atoms with Crippen molar-refractivity contribution in [1.29, 1.82) is 0 Å². The van der Waals surface area contributed by atoms with Crippen LogP contribution < -0.4 is 10.6 Å². The second kappa shape index (κ2) is 5.82. The van der Waals surface area contributed by atoms with Gasteiger partial charge in [0.15, 0.2) is 0 Å². The number of hydrogen-bond acceptors (Lipinski definition) is 5. The van der Waals surface area contributed by atoms with E-state index in [4.69, 9.17) is 0 Å². The molecule has 0 atom stereocenters. The molecule has 0 saturated heterocycles. The Morgan fingerprint density at radius 1 is 1.35 bits per heavy atom. The minimum absolute atomic E-state index is 0.0956. The average Bonchev–Trinajstić information content (AvgIpc) is 2.38. The maximum absolute atomic E-state index is 9.53. The van der Waals surface area contributed by atoms with Crippen LogP contribution in [0.4, 0.5) is 11.8 Å². The molecular formula is C12H22N4O. The van der Waals surface area contributed by atoms with Crippen LogP contribution in [-0.2, 0) is 0 Å². The van der Waals surface area contributed by atoms with E-state index in [0.29, 0.717) is 5.95 Å². The van der Waals surface area contributed by atoms with Gasteiger partial charge in [0.25, 0.3) is 0 Å². The van der Waals surface area contributed by atoms with E-state index in [-0.39, 0.29) is 12.1 Å². The first kappa shape index (κ1) is 13.7. The number of rotatable bonds is 6. The number of hydrogen-bond donors (Lipinski definition) is 3. The Labute approximate surface area is 103 Å². The average molecular weight is 238 g/mol. The van der Waals surface area contributed by atoms with Gasteiger partial charge in [-0.15, -0.1) is 0 Å². The molecule has 5 nitrogen and oxygen atoms in total. The molecule has 1 rings (SSSR count). The molecule has 0 radical (unpaired) electrons. The molecular weight excluding hydrogens is 216 g/mol. The summed E-state index contributed by atoms with van der Waals surface area (Å²) < 4.78 is 0. The van der Waals surface area contributed by atoms with E-state index in [1.807, 2.05) is 6.92 Å². The van der Waals surface area contributed by atoms with E-state index in [0.717, 1.165) is 24.2 Å². The lowest BCUT2D eigenvalue weighted by Gasteiger charge is -2.32. The first-order valence-corrected chi connectivity index (χ1v) is 6.01. The van der Waals surface area contributed by atoms with Crippen LogP contribution in [0.15, 0.2) is 6.20 Å². The van der Waals surface area contributed by atoms with Crippen LogP contribution in [0.2, 0.25) is 0 Å². The highest BCUT2D eigenvalue weighted by Gasteiger charge is 2.26. The third-order valence-electron chi connectivity index (χ3n) is 3.24. The van der Waals surface area contributed by atoms with Gasteiger partial charge in [-0.05, 0) is 19.8 Å². The predicted octanol–water partition coefficient (Wildman–Crippen LogP) is 1.79. The fraction of sp³-hybridized carbons (Fsp3) is 0.667. The maximum atomic E-state index is 9.53. The van der Waals surface area contributed by atoms with Gasteiger partial charge in [0.05, 0.1) is 12.1 Å². The van der Waals surface area contributed by atoms with Crippen LogP contribution in [-0.4, -0.2) is 34.3 Å². The van der Waals surface area contributed by atoms with E-state index < -0.39 is 0 Å². The van der Waals surface area contributed by atoms with Crippen molar-refractivity contribution in [2.24, 2.45) is 0 Å². The normalized spacial score (nSPS) is 11.4. The van der Waals surface area contributed by atoms with E-state index in [1.54, 1.807) is 13.2 Å². The van der Waals surface area contributed by atoms with Crippen molar-refractivity contribution in [3.8, 4) is 0 Å². The van der Waals surface area contributed by atoms with Crippen molar-refractivity contribution in [2.75, 3.05) is 24.3 Å². The van der Waals surface area contributed by atoms with Gasteiger partial charge in [-0.2, -0.15) is 4.98 Å². The molecule has 0 saturated carbocycles. The summed E-state index contributed by atoms with van der Waals surface area (Å²) in [5.74, 6) is 1.36. The predicted molar refractivity (Wildman–Crippen MR) is 70.3 cm³/mol. The number of nitrogens with one attached hydrogen (secondary N) is 2. The summed E-state index contributed by atoms with van der Waals surface area (Å²) in [6.45, 7) is 6.16. The molecule has 1 aromatic heterocycles. The molecule has 0 spiro atoms. The van der Waals surface area contributed by atoms with Crippen molar-refractivity contribution in [3.63, 3.8) is 0 Å². The van der Waals surface area contributed by atoms with Crippen molar-refractivity contribution < 1.29 is 5.11 Å². The molecule has 0 aliphatic rings. The minimum atomic E-state index is -0.301. The number of aromatic nitrogens is 2. The summed E-state index contributed by atoms with van der Waals surface area (Å²) >= 11 is 0. The van der Waals surface area contributed by atoms with Gasteiger partial charge in [0, 0.05) is 18.8 Å². The summed E-state index contributed by atoms with van der Waals surface area (Å²) in [6, 6.07) is 0. The number of aliphatic hydroxyl groups excluding tert-OH is 1. The topological polar surface area (TPSA) is 70.1 Å². The second-order valence-electron chi connectivity index (χ2n) is 4.25. The largest absolute Gasteiger partial charge is 0.394 e. The third kappa shape index (κ3) is 3.06. The van der Waals surface area contributed by atoms with Crippen LogP contribution in [0.1, 0.15) is 32.3 Å². The lowest BCUT2D eigenvalue weighted by Crippen LogP contribution is -2.41. The maximum Gasteiger partial charge on any atom is 0.224 e. The standard InChI is InChI=1S/C12H22N4O/c1-5-12(6-2,8-17)16-10-9(3)7-14-11(13-4)15-10/h7,17H,5-6,8H2,1-4H3,(H2,13,14,15,16). The molecule has 0 aliphatic carbocycles. The molecule has 1 heterocycles. The molecule has 0 bridgehead atoms. The van der Waals surface area contributed by atoms with E-state index >= 15 is 0 Å². The van der Waals surface area contributed by atoms with Crippen molar-refractivity contribution >= 4 is 11.8 Å². The highest BCUT2D eigenvalue weighted by molar-refractivity contribution is 5.48. The quantitative estimate of drug-likeness (QED) is 0.705. The van der Waals surface area contributed by atoms with Crippen molar-refractivity contribution in [1.82, 2.24) is 9.97 Å². The highest BCUT2D eigenvalue weighted by atomic mass is 16.3. The Morgan fingerprint density at radius 2 is 2.00 bits per heavy atom. The van der Waals surface area contributed by atoms with Gasteiger partial charge < -0.3 is 15.7 Å². The lowest BCUT2D eigenvalue weighted by molar-refractivity contribution is 0.202. The number of aryl methyl sites for hydroxylation is 1. The van der Waals surface area contributed by atoms with E-state index in [1.165, 1.54) is 0 Å².